The molecule has 0 aliphatic heterocycles. The van der Waals surface area contributed by atoms with Crippen LogP contribution in [0.2, 0.25) is 5.02 Å². The molecule has 3 aromatic rings. The molecule has 2 amide bonds. The summed E-state index contributed by atoms with van der Waals surface area (Å²) in [7, 11) is -2.64. The number of halogens is 1. The molecule has 0 unspecified atom stereocenters. The third kappa shape index (κ3) is 8.24. The summed E-state index contributed by atoms with van der Waals surface area (Å²) in [5, 5.41) is 3.28. The van der Waals surface area contributed by atoms with E-state index in [9.17, 15) is 18.0 Å². The molecule has 0 spiro atoms. The smallest absolute Gasteiger partial charge is 0.264 e. The van der Waals surface area contributed by atoms with Crippen LogP contribution in [0, 0.1) is 13.8 Å². The van der Waals surface area contributed by atoms with Crippen LogP contribution in [-0.2, 0) is 26.2 Å². The molecule has 0 aromatic heterocycles. The first kappa shape index (κ1) is 32.0. The van der Waals surface area contributed by atoms with Gasteiger partial charge in [0, 0.05) is 17.1 Å². The molecule has 3 aromatic carbocycles. The van der Waals surface area contributed by atoms with Gasteiger partial charge in [-0.3, -0.25) is 13.9 Å². The van der Waals surface area contributed by atoms with Gasteiger partial charge in [0.1, 0.15) is 18.3 Å². The van der Waals surface area contributed by atoms with Crippen LogP contribution in [0.25, 0.3) is 0 Å². The van der Waals surface area contributed by atoms with Crippen molar-refractivity contribution in [1.29, 1.82) is 0 Å². The lowest BCUT2D eigenvalue weighted by Gasteiger charge is -2.33. The Bertz CT molecular complexity index is 1500. The summed E-state index contributed by atoms with van der Waals surface area (Å²) in [5.74, 6) is -0.323. The fourth-order valence-electron chi connectivity index (χ4n) is 4.13. The number of amides is 2. The Morgan fingerprint density at radius 1 is 1.00 bits per heavy atom. The number of nitrogens with one attached hydrogen (secondary N) is 1. The minimum absolute atomic E-state index is 0.0328. The first-order valence-electron chi connectivity index (χ1n) is 13.2. The van der Waals surface area contributed by atoms with Crippen LogP contribution in [0.5, 0.6) is 5.75 Å². The number of carbonyl (C=O) groups is 2. The second kappa shape index (κ2) is 13.0. The van der Waals surface area contributed by atoms with Crippen LogP contribution in [0.4, 0.5) is 5.69 Å². The zero-order chi connectivity index (χ0) is 30.5. The lowest BCUT2D eigenvalue weighted by molar-refractivity contribution is -0.140. The van der Waals surface area contributed by atoms with Gasteiger partial charge in [-0.25, -0.2) is 8.42 Å². The number of rotatable bonds is 10. The van der Waals surface area contributed by atoms with Gasteiger partial charge in [-0.1, -0.05) is 47.5 Å². The van der Waals surface area contributed by atoms with Crippen LogP contribution in [0.3, 0.4) is 0 Å². The fraction of sp³-hybridized carbons (Fsp3) is 0.355. The zero-order valence-electron chi connectivity index (χ0n) is 24.6. The number of hydrogen-bond donors (Lipinski definition) is 1. The lowest BCUT2D eigenvalue weighted by atomic mass is 10.1. The first-order valence-corrected chi connectivity index (χ1v) is 15.0. The molecule has 0 radical (unpaired) electrons. The van der Waals surface area contributed by atoms with E-state index in [0.717, 1.165) is 21.0 Å². The van der Waals surface area contributed by atoms with Gasteiger partial charge in [-0.05, 0) is 89.1 Å². The van der Waals surface area contributed by atoms with Gasteiger partial charge in [-0.2, -0.15) is 0 Å². The maximum absolute atomic E-state index is 14.1. The molecular weight excluding hydrogens is 562 g/mol. The van der Waals surface area contributed by atoms with Gasteiger partial charge < -0.3 is 15.0 Å². The van der Waals surface area contributed by atoms with Gasteiger partial charge >= 0.3 is 0 Å². The highest BCUT2D eigenvalue weighted by molar-refractivity contribution is 7.92. The summed E-state index contributed by atoms with van der Waals surface area (Å²) in [6.45, 7) is 10.4. The largest absolute Gasteiger partial charge is 0.497 e. The van der Waals surface area contributed by atoms with Gasteiger partial charge in [0.15, 0.2) is 0 Å². The summed E-state index contributed by atoms with van der Waals surface area (Å²) in [6.07, 6.45) is 0. The number of sulfonamides is 1. The Morgan fingerprint density at radius 3 is 2.24 bits per heavy atom. The van der Waals surface area contributed by atoms with Crippen molar-refractivity contribution < 1.29 is 22.7 Å². The topological polar surface area (TPSA) is 96.0 Å². The minimum atomic E-state index is -4.18. The molecule has 0 fully saturated rings. The highest BCUT2D eigenvalue weighted by Crippen LogP contribution is 2.29. The minimum Gasteiger partial charge on any atom is -0.497 e. The van der Waals surface area contributed by atoms with E-state index in [-0.39, 0.29) is 23.0 Å². The first-order chi connectivity index (χ1) is 19.1. The maximum Gasteiger partial charge on any atom is 0.264 e. The van der Waals surface area contributed by atoms with Gasteiger partial charge in [0.25, 0.3) is 10.0 Å². The highest BCUT2D eigenvalue weighted by Gasteiger charge is 2.33. The van der Waals surface area contributed by atoms with Crippen LogP contribution in [0.1, 0.15) is 44.4 Å². The molecule has 1 N–H and O–H groups in total. The van der Waals surface area contributed by atoms with E-state index in [2.05, 4.69) is 5.32 Å². The second-order valence-corrected chi connectivity index (χ2v) is 13.3. The van der Waals surface area contributed by atoms with E-state index < -0.39 is 34.1 Å². The van der Waals surface area contributed by atoms with Crippen LogP contribution in [0.15, 0.2) is 71.6 Å². The molecule has 1 atom stereocenters. The lowest BCUT2D eigenvalue weighted by Crippen LogP contribution is -2.54. The van der Waals surface area contributed by atoms with E-state index >= 15 is 0 Å². The monoisotopic (exact) mass is 599 g/mol. The fourth-order valence-corrected chi connectivity index (χ4v) is 5.71. The summed E-state index contributed by atoms with van der Waals surface area (Å²) in [5.41, 5.74) is 2.09. The molecule has 0 aliphatic carbocycles. The SMILES string of the molecule is COc1cccc(CN(C(=O)CN(c2ccc(C)c(Cl)c2)S(=O)(=O)c2ccc(C)cc2)[C@@H](C)C(=O)NC(C)(C)C)c1. The van der Waals surface area contributed by atoms with Crippen molar-refractivity contribution in [2.45, 2.75) is 64.6 Å². The molecule has 0 saturated heterocycles. The van der Waals surface area contributed by atoms with Crippen molar-refractivity contribution in [2.24, 2.45) is 0 Å². The Hall–Kier alpha value is -3.56. The number of carbonyl (C=O) groups excluding carboxylic acids is 2. The molecule has 3 rings (SSSR count). The van der Waals surface area contributed by atoms with E-state index in [4.69, 9.17) is 16.3 Å². The molecule has 41 heavy (non-hydrogen) atoms. The van der Waals surface area contributed by atoms with E-state index in [0.29, 0.717) is 10.8 Å². The summed E-state index contributed by atoms with van der Waals surface area (Å²) >= 11 is 6.38. The summed E-state index contributed by atoms with van der Waals surface area (Å²) in [6, 6.07) is 17.5. The van der Waals surface area contributed by atoms with Crippen molar-refractivity contribution in [2.75, 3.05) is 18.0 Å². The number of ether oxygens (including phenoxy) is 1. The van der Waals surface area contributed by atoms with Crippen LogP contribution in [-0.4, -0.2) is 50.4 Å². The van der Waals surface area contributed by atoms with E-state index in [1.165, 1.54) is 23.1 Å². The molecule has 8 nitrogen and oxygen atoms in total. The highest BCUT2D eigenvalue weighted by atomic mass is 35.5. The Labute approximate surface area is 248 Å². The Morgan fingerprint density at radius 2 is 1.66 bits per heavy atom. The predicted octanol–water partition coefficient (Wildman–Crippen LogP) is 5.49. The third-order valence-corrected chi connectivity index (χ3v) is 8.68. The number of aryl methyl sites for hydroxylation is 2. The molecular formula is C31H38ClN3O5S. The average Bonchev–Trinajstić information content (AvgIpc) is 2.90. The average molecular weight is 600 g/mol. The number of nitrogens with zero attached hydrogens (tertiary/aromatic N) is 2. The van der Waals surface area contributed by atoms with Crippen LogP contribution >= 0.6 is 11.6 Å². The van der Waals surface area contributed by atoms with E-state index in [1.54, 1.807) is 56.5 Å². The predicted molar refractivity (Wildman–Crippen MR) is 163 cm³/mol. The normalized spacial score (nSPS) is 12.4. The maximum atomic E-state index is 14.1. The third-order valence-electron chi connectivity index (χ3n) is 6.48. The van der Waals surface area contributed by atoms with Crippen molar-refractivity contribution in [3.05, 3.63) is 88.4 Å². The molecule has 10 heteroatoms. The molecule has 0 saturated carbocycles. The van der Waals surface area contributed by atoms with Crippen molar-refractivity contribution in [3.8, 4) is 5.75 Å². The number of hydrogen-bond acceptors (Lipinski definition) is 5. The standard InChI is InChI=1S/C31H38ClN3O5S/c1-21-11-15-27(16-12-21)41(38,39)35(25-14-13-22(2)28(32)18-25)20-29(36)34(23(3)30(37)33-31(4,5)6)19-24-9-8-10-26(17-24)40-7/h8-18,23H,19-20H2,1-7H3,(H,33,37)/t23-/m0/s1. The zero-order valence-corrected chi connectivity index (χ0v) is 26.1. The van der Waals surface area contributed by atoms with Crippen molar-refractivity contribution in [1.82, 2.24) is 10.2 Å². The Kier molecular flexibility index (Phi) is 10.1. The molecule has 0 aliphatic rings. The van der Waals surface area contributed by atoms with Crippen molar-refractivity contribution in [3.63, 3.8) is 0 Å². The molecule has 0 heterocycles. The summed E-state index contributed by atoms with van der Waals surface area (Å²) < 4.78 is 34.3. The van der Waals surface area contributed by atoms with Crippen LogP contribution < -0.4 is 14.4 Å². The summed E-state index contributed by atoms with van der Waals surface area (Å²) in [4.78, 5) is 28.7. The molecule has 0 bridgehead atoms. The quantitative estimate of drug-likeness (QED) is 0.332. The van der Waals surface area contributed by atoms with Gasteiger partial charge in [-0.15, -0.1) is 0 Å². The second-order valence-electron chi connectivity index (χ2n) is 11.0. The van der Waals surface area contributed by atoms with Gasteiger partial charge in [0.2, 0.25) is 11.8 Å². The Balaban J connectivity index is 2.07. The van der Waals surface area contributed by atoms with E-state index in [1.807, 2.05) is 40.7 Å². The number of benzene rings is 3. The number of anilines is 1. The number of methoxy groups -OCH3 is 1. The molecule has 220 valence electrons. The van der Waals surface area contributed by atoms with Gasteiger partial charge in [0.05, 0.1) is 17.7 Å². The van der Waals surface area contributed by atoms with Crippen molar-refractivity contribution >= 4 is 39.1 Å².